The second-order valence-electron chi connectivity index (χ2n) is 5.61. The number of aromatic amines is 1. The minimum Gasteiger partial charge on any atom is -0.321 e. The molecule has 0 spiro atoms. The summed E-state index contributed by atoms with van der Waals surface area (Å²) >= 11 is 0. The summed E-state index contributed by atoms with van der Waals surface area (Å²) in [7, 11) is -3.56. The maximum absolute atomic E-state index is 12.8. The van der Waals surface area contributed by atoms with E-state index in [0.29, 0.717) is 18.6 Å². The Morgan fingerprint density at radius 3 is 2.43 bits per heavy atom. The maximum atomic E-state index is 12.8. The Morgan fingerprint density at radius 1 is 1.10 bits per heavy atom. The molecule has 5 nitrogen and oxygen atoms in total. The molecule has 1 aliphatic rings. The molecule has 0 atom stereocenters. The van der Waals surface area contributed by atoms with Crippen LogP contribution in [0.5, 0.6) is 0 Å². The average Bonchev–Trinajstić information content (AvgIpc) is 2.93. The van der Waals surface area contributed by atoms with E-state index in [0.717, 1.165) is 29.4 Å². The first kappa shape index (κ1) is 14.3. The van der Waals surface area contributed by atoms with Gasteiger partial charge >= 0.3 is 0 Å². The minimum atomic E-state index is -3.56. The van der Waals surface area contributed by atoms with Crippen molar-refractivity contribution in [2.45, 2.75) is 31.6 Å². The second-order valence-corrected chi connectivity index (χ2v) is 7.52. The Balaban J connectivity index is 2.34. The number of sulfonamides is 1. The number of hydrogen-bond acceptors (Lipinski definition) is 3. The van der Waals surface area contributed by atoms with Gasteiger partial charge in [-0.2, -0.15) is 4.31 Å². The van der Waals surface area contributed by atoms with Crippen LogP contribution in [0.25, 0.3) is 10.9 Å². The van der Waals surface area contributed by atoms with Crippen molar-refractivity contribution in [3.8, 4) is 0 Å². The van der Waals surface area contributed by atoms with Gasteiger partial charge < -0.3 is 4.98 Å². The second kappa shape index (κ2) is 4.96. The van der Waals surface area contributed by atoms with Crippen LogP contribution in [-0.2, 0) is 10.0 Å². The van der Waals surface area contributed by atoms with Crippen LogP contribution in [0.2, 0.25) is 0 Å². The Bertz CT molecular complexity index is 862. The summed E-state index contributed by atoms with van der Waals surface area (Å²) in [6, 6.07) is 5.04. The number of nitrogens with one attached hydrogen (secondary N) is 1. The number of H-pyrrole nitrogens is 1. The number of benzene rings is 1. The van der Waals surface area contributed by atoms with Crippen LogP contribution in [0.3, 0.4) is 0 Å². The summed E-state index contributed by atoms with van der Waals surface area (Å²) in [6.45, 7) is 4.79. The van der Waals surface area contributed by atoms with Crippen molar-refractivity contribution in [1.82, 2.24) is 9.29 Å². The van der Waals surface area contributed by atoms with Gasteiger partial charge in [-0.1, -0.05) is 0 Å². The lowest BCUT2D eigenvalue weighted by Gasteiger charge is -2.18. The van der Waals surface area contributed by atoms with Crippen LogP contribution in [0, 0.1) is 13.8 Å². The Labute approximate surface area is 123 Å². The summed E-state index contributed by atoms with van der Waals surface area (Å²) in [6.07, 6.45) is 1.77. The number of aromatic nitrogens is 1. The lowest BCUT2D eigenvalue weighted by Crippen LogP contribution is -2.28. The lowest BCUT2D eigenvalue weighted by molar-refractivity contribution is 0.478. The molecule has 1 fully saturated rings. The summed E-state index contributed by atoms with van der Waals surface area (Å²) in [4.78, 5) is 14.6. The standard InChI is InChI=1S/C15H18N2O3S/c1-10-7-12-11(2)9-14(18)16-15(12)13(8-10)21(19,20)17-5-3-4-6-17/h7-9H,3-6H2,1-2H3,(H,16,18). The Hall–Kier alpha value is -1.66. The molecule has 0 saturated carbocycles. The first-order chi connectivity index (χ1) is 9.89. The fourth-order valence-corrected chi connectivity index (χ4v) is 4.67. The van der Waals surface area contributed by atoms with Crippen LogP contribution in [0.15, 0.2) is 27.9 Å². The highest BCUT2D eigenvalue weighted by Crippen LogP contribution is 2.28. The fraction of sp³-hybridized carbons (Fsp3) is 0.400. The molecule has 2 aromatic rings. The maximum Gasteiger partial charge on any atom is 0.248 e. The molecule has 1 aromatic carbocycles. The van der Waals surface area contributed by atoms with Crippen LogP contribution >= 0.6 is 0 Å². The van der Waals surface area contributed by atoms with E-state index in [4.69, 9.17) is 0 Å². The molecule has 1 saturated heterocycles. The smallest absolute Gasteiger partial charge is 0.248 e. The van der Waals surface area contributed by atoms with Crippen molar-refractivity contribution in [1.29, 1.82) is 0 Å². The molecule has 0 radical (unpaired) electrons. The molecule has 1 aromatic heterocycles. The number of fused-ring (bicyclic) bond motifs is 1. The first-order valence-corrected chi connectivity index (χ1v) is 8.48. The van der Waals surface area contributed by atoms with Crippen molar-refractivity contribution >= 4 is 20.9 Å². The molecule has 1 N–H and O–H groups in total. The predicted octanol–water partition coefficient (Wildman–Crippen LogP) is 1.93. The molecule has 0 unspecified atom stereocenters. The van der Waals surface area contributed by atoms with E-state index in [2.05, 4.69) is 4.98 Å². The van der Waals surface area contributed by atoms with E-state index in [1.54, 1.807) is 6.07 Å². The number of rotatable bonds is 2. The van der Waals surface area contributed by atoms with Crippen LogP contribution < -0.4 is 5.56 Å². The van der Waals surface area contributed by atoms with Gasteiger partial charge in [0.25, 0.3) is 0 Å². The number of aryl methyl sites for hydroxylation is 2. The summed E-state index contributed by atoms with van der Waals surface area (Å²) < 4.78 is 27.2. The SMILES string of the molecule is Cc1cc(S(=O)(=O)N2CCCC2)c2[nH]c(=O)cc(C)c2c1. The zero-order valence-corrected chi connectivity index (χ0v) is 13.0. The quantitative estimate of drug-likeness (QED) is 0.921. The zero-order chi connectivity index (χ0) is 15.2. The zero-order valence-electron chi connectivity index (χ0n) is 12.1. The molecule has 6 heteroatoms. The monoisotopic (exact) mass is 306 g/mol. The molecule has 2 heterocycles. The van der Waals surface area contributed by atoms with Crippen molar-refractivity contribution < 1.29 is 8.42 Å². The van der Waals surface area contributed by atoms with Gasteiger partial charge in [-0.3, -0.25) is 4.79 Å². The van der Waals surface area contributed by atoms with Gasteiger partial charge in [-0.15, -0.1) is 0 Å². The van der Waals surface area contributed by atoms with Crippen molar-refractivity contribution in [3.63, 3.8) is 0 Å². The molecule has 1 aliphatic heterocycles. The third-order valence-electron chi connectivity index (χ3n) is 3.95. The van der Waals surface area contributed by atoms with Crippen molar-refractivity contribution in [2.75, 3.05) is 13.1 Å². The van der Waals surface area contributed by atoms with E-state index < -0.39 is 10.0 Å². The van der Waals surface area contributed by atoms with Crippen LogP contribution in [-0.4, -0.2) is 30.8 Å². The van der Waals surface area contributed by atoms with E-state index in [9.17, 15) is 13.2 Å². The minimum absolute atomic E-state index is 0.209. The molecular formula is C15H18N2O3S. The highest BCUT2D eigenvalue weighted by molar-refractivity contribution is 7.89. The Kier molecular flexibility index (Phi) is 3.37. The van der Waals surface area contributed by atoms with E-state index in [1.165, 1.54) is 10.4 Å². The summed E-state index contributed by atoms with van der Waals surface area (Å²) in [5.41, 5.74) is 1.80. The van der Waals surface area contributed by atoms with Crippen LogP contribution in [0.4, 0.5) is 0 Å². The number of hydrogen-bond donors (Lipinski definition) is 1. The topological polar surface area (TPSA) is 70.2 Å². The van der Waals surface area contributed by atoms with Gasteiger partial charge in [0.2, 0.25) is 15.6 Å². The number of pyridine rings is 1. The van der Waals surface area contributed by atoms with E-state index in [-0.39, 0.29) is 10.5 Å². The van der Waals surface area contributed by atoms with Crippen LogP contribution in [0.1, 0.15) is 24.0 Å². The van der Waals surface area contributed by atoms with Gasteiger partial charge in [0.1, 0.15) is 4.90 Å². The highest BCUT2D eigenvalue weighted by atomic mass is 32.2. The third kappa shape index (κ3) is 2.38. The fourth-order valence-electron chi connectivity index (χ4n) is 2.90. The van der Waals surface area contributed by atoms with E-state index in [1.807, 2.05) is 19.9 Å². The predicted molar refractivity (Wildman–Crippen MR) is 82.0 cm³/mol. The number of nitrogens with zero attached hydrogens (tertiary/aromatic N) is 1. The van der Waals surface area contributed by atoms with Gasteiger partial charge in [0.05, 0.1) is 5.52 Å². The highest BCUT2D eigenvalue weighted by Gasteiger charge is 2.29. The largest absolute Gasteiger partial charge is 0.321 e. The average molecular weight is 306 g/mol. The lowest BCUT2D eigenvalue weighted by atomic mass is 10.1. The summed E-state index contributed by atoms with van der Waals surface area (Å²) in [5, 5.41) is 0.785. The van der Waals surface area contributed by atoms with Gasteiger partial charge in [0, 0.05) is 24.5 Å². The Morgan fingerprint density at radius 2 is 1.76 bits per heavy atom. The van der Waals surface area contributed by atoms with Crippen molar-refractivity contribution in [3.05, 3.63) is 39.7 Å². The van der Waals surface area contributed by atoms with Gasteiger partial charge in [-0.25, -0.2) is 8.42 Å². The molecule has 21 heavy (non-hydrogen) atoms. The molecular weight excluding hydrogens is 288 g/mol. The normalized spacial score (nSPS) is 16.7. The molecule has 0 bridgehead atoms. The molecule has 0 amide bonds. The molecule has 0 aliphatic carbocycles. The third-order valence-corrected chi connectivity index (χ3v) is 5.87. The molecule has 3 rings (SSSR count). The van der Waals surface area contributed by atoms with E-state index >= 15 is 0 Å². The van der Waals surface area contributed by atoms with Gasteiger partial charge in [0.15, 0.2) is 0 Å². The molecule has 112 valence electrons. The summed E-state index contributed by atoms with van der Waals surface area (Å²) in [5.74, 6) is 0. The first-order valence-electron chi connectivity index (χ1n) is 7.04. The van der Waals surface area contributed by atoms with Crippen molar-refractivity contribution in [2.24, 2.45) is 0 Å². The van der Waals surface area contributed by atoms with Gasteiger partial charge in [-0.05, 0) is 49.9 Å².